The van der Waals surface area contributed by atoms with E-state index < -0.39 is 18.0 Å². The van der Waals surface area contributed by atoms with Crippen LogP contribution >= 0.6 is 0 Å². The number of ether oxygens (including phenoxy) is 2. The number of fused-ring (bicyclic) bond motifs is 1. The molecule has 1 aromatic heterocycles. The van der Waals surface area contributed by atoms with Gasteiger partial charge in [0.2, 0.25) is 5.95 Å². The van der Waals surface area contributed by atoms with Gasteiger partial charge in [0.05, 0.1) is 30.6 Å². The first kappa shape index (κ1) is 19.4. The number of methoxy groups -OCH3 is 1. The van der Waals surface area contributed by atoms with E-state index in [1.165, 1.54) is 13.4 Å². The summed E-state index contributed by atoms with van der Waals surface area (Å²) in [5, 5.41) is 7.53. The second-order valence-corrected chi connectivity index (χ2v) is 6.54. The molecule has 1 N–H and O–H groups in total. The first-order valence-electron chi connectivity index (χ1n) is 9.45. The largest absolute Gasteiger partial charge is 0.465 e. The highest BCUT2D eigenvalue weighted by molar-refractivity contribution is 6.02. The Labute approximate surface area is 173 Å². The highest BCUT2D eigenvalue weighted by Gasteiger charge is 2.36. The Bertz CT molecular complexity index is 1100. The van der Waals surface area contributed by atoms with Crippen LogP contribution in [0.5, 0.6) is 0 Å². The van der Waals surface area contributed by atoms with Crippen molar-refractivity contribution in [3.63, 3.8) is 0 Å². The number of carbonyl (C=O) groups excluding carboxylic acids is 2. The van der Waals surface area contributed by atoms with Crippen LogP contribution in [0.1, 0.15) is 34.5 Å². The fourth-order valence-electron chi connectivity index (χ4n) is 3.45. The maximum atomic E-state index is 13.1. The third-order valence-corrected chi connectivity index (χ3v) is 4.80. The molecular weight excluding hydrogens is 384 g/mol. The summed E-state index contributed by atoms with van der Waals surface area (Å²) in [5.41, 5.74) is 3.01. The molecule has 8 nitrogen and oxygen atoms in total. The van der Waals surface area contributed by atoms with Crippen LogP contribution in [0.25, 0.3) is 5.70 Å². The molecule has 0 saturated heterocycles. The van der Waals surface area contributed by atoms with E-state index in [1.54, 1.807) is 35.9 Å². The predicted molar refractivity (Wildman–Crippen MR) is 110 cm³/mol. The molecule has 2 aromatic carbocycles. The number of anilines is 1. The molecule has 0 amide bonds. The van der Waals surface area contributed by atoms with Gasteiger partial charge in [0.15, 0.2) is 0 Å². The lowest BCUT2D eigenvalue weighted by molar-refractivity contribution is -0.138. The Kier molecular flexibility index (Phi) is 5.30. The number of benzene rings is 2. The van der Waals surface area contributed by atoms with Gasteiger partial charge in [-0.25, -0.2) is 14.3 Å². The van der Waals surface area contributed by atoms with Crippen molar-refractivity contribution in [2.75, 3.05) is 19.0 Å². The maximum Gasteiger partial charge on any atom is 0.338 e. The molecule has 30 heavy (non-hydrogen) atoms. The molecule has 0 saturated carbocycles. The molecule has 4 rings (SSSR count). The maximum absolute atomic E-state index is 13.1. The second-order valence-electron chi connectivity index (χ2n) is 6.54. The number of hydrogen-bond acceptors (Lipinski definition) is 7. The van der Waals surface area contributed by atoms with Crippen molar-refractivity contribution in [3.05, 3.63) is 83.2 Å². The predicted octanol–water partition coefficient (Wildman–Crippen LogP) is 3.05. The summed E-state index contributed by atoms with van der Waals surface area (Å²) in [6, 6.07) is 15.8. The van der Waals surface area contributed by atoms with Crippen LogP contribution in [0.2, 0.25) is 0 Å². The number of hydrogen-bond donors (Lipinski definition) is 1. The summed E-state index contributed by atoms with van der Waals surface area (Å²) in [6.45, 7) is 2.00. The Hall–Kier alpha value is -3.94. The molecule has 0 fully saturated rings. The average Bonchev–Trinajstić information content (AvgIpc) is 3.26. The zero-order valence-corrected chi connectivity index (χ0v) is 16.5. The van der Waals surface area contributed by atoms with Crippen molar-refractivity contribution in [2.45, 2.75) is 13.0 Å². The quantitative estimate of drug-likeness (QED) is 0.653. The fourth-order valence-corrected chi connectivity index (χ4v) is 3.45. The van der Waals surface area contributed by atoms with Crippen molar-refractivity contribution < 1.29 is 19.1 Å². The molecule has 3 aromatic rings. The molecule has 2 heterocycles. The van der Waals surface area contributed by atoms with Crippen LogP contribution < -0.4 is 5.32 Å². The summed E-state index contributed by atoms with van der Waals surface area (Å²) in [5.74, 6) is -0.379. The van der Waals surface area contributed by atoms with Gasteiger partial charge in [-0.05, 0) is 30.2 Å². The minimum Gasteiger partial charge on any atom is -0.465 e. The normalized spacial score (nSPS) is 15.2. The van der Waals surface area contributed by atoms with Gasteiger partial charge in [0.1, 0.15) is 12.4 Å². The van der Waals surface area contributed by atoms with E-state index in [2.05, 4.69) is 15.4 Å². The first-order chi connectivity index (χ1) is 14.6. The first-order valence-corrected chi connectivity index (χ1v) is 9.45. The number of carbonyl (C=O) groups is 2. The molecule has 0 spiro atoms. The fraction of sp³-hybridized carbons (Fsp3) is 0.182. The van der Waals surface area contributed by atoms with Gasteiger partial charge < -0.3 is 14.8 Å². The van der Waals surface area contributed by atoms with Gasteiger partial charge in [0.25, 0.3) is 0 Å². The van der Waals surface area contributed by atoms with Gasteiger partial charge in [-0.1, -0.05) is 42.5 Å². The molecule has 152 valence electrons. The number of nitrogens with one attached hydrogen (secondary N) is 1. The average molecular weight is 404 g/mol. The molecule has 0 aliphatic carbocycles. The van der Waals surface area contributed by atoms with E-state index in [0.717, 1.165) is 11.1 Å². The summed E-state index contributed by atoms with van der Waals surface area (Å²) in [6.07, 6.45) is 1.43. The van der Waals surface area contributed by atoms with E-state index in [1.807, 2.05) is 30.3 Å². The summed E-state index contributed by atoms with van der Waals surface area (Å²) < 4.78 is 11.8. The monoisotopic (exact) mass is 404 g/mol. The van der Waals surface area contributed by atoms with Crippen LogP contribution in [0, 0.1) is 0 Å². The van der Waals surface area contributed by atoms with Crippen molar-refractivity contribution in [1.29, 1.82) is 0 Å². The lowest BCUT2D eigenvalue weighted by atomic mass is 9.92. The van der Waals surface area contributed by atoms with Crippen LogP contribution in [0.15, 0.2) is 66.5 Å². The Morgan fingerprint density at radius 2 is 1.80 bits per heavy atom. The van der Waals surface area contributed by atoms with Crippen LogP contribution in [0.4, 0.5) is 5.95 Å². The van der Waals surface area contributed by atoms with E-state index >= 15 is 0 Å². The number of esters is 2. The third kappa shape index (κ3) is 3.43. The summed E-state index contributed by atoms with van der Waals surface area (Å²) in [4.78, 5) is 29.2. The van der Waals surface area contributed by atoms with E-state index in [0.29, 0.717) is 22.8 Å². The standard InChI is InChI=1S/C22H20N4O4/c1-3-30-21(28)17-18(14-7-5-4-6-8-14)25-22-23-13-24-26(22)19(17)15-9-11-16(12-10-15)20(27)29-2/h4-13,19H,3H2,1-2H3,(H,23,24,25)/t19-/m1/s1. The van der Waals surface area contributed by atoms with Crippen LogP contribution in [0.3, 0.4) is 0 Å². The van der Waals surface area contributed by atoms with Gasteiger partial charge in [0, 0.05) is 0 Å². The van der Waals surface area contributed by atoms with Gasteiger partial charge in [-0.2, -0.15) is 10.1 Å². The minimum absolute atomic E-state index is 0.239. The second kappa shape index (κ2) is 8.20. The third-order valence-electron chi connectivity index (χ3n) is 4.80. The lowest BCUT2D eigenvalue weighted by Crippen LogP contribution is -2.30. The van der Waals surface area contributed by atoms with Gasteiger partial charge in [-0.15, -0.1) is 0 Å². The molecule has 0 bridgehead atoms. The number of aromatic nitrogens is 3. The minimum atomic E-state index is -0.579. The highest BCUT2D eigenvalue weighted by Crippen LogP contribution is 2.38. The lowest BCUT2D eigenvalue weighted by Gasteiger charge is -2.29. The van der Waals surface area contributed by atoms with Crippen molar-refractivity contribution in [2.24, 2.45) is 0 Å². The van der Waals surface area contributed by atoms with Crippen molar-refractivity contribution in [3.8, 4) is 0 Å². The Morgan fingerprint density at radius 1 is 1.07 bits per heavy atom. The van der Waals surface area contributed by atoms with Crippen LogP contribution in [-0.2, 0) is 14.3 Å². The van der Waals surface area contributed by atoms with E-state index in [-0.39, 0.29) is 6.61 Å². The SMILES string of the molecule is CCOC(=O)C1=C(c2ccccc2)Nc2ncnn2[C@@H]1c1ccc(C(=O)OC)cc1. The topological polar surface area (TPSA) is 95.3 Å². The molecule has 8 heteroatoms. The smallest absolute Gasteiger partial charge is 0.338 e. The number of nitrogens with zero attached hydrogens (tertiary/aromatic N) is 3. The van der Waals surface area contributed by atoms with Crippen molar-refractivity contribution in [1.82, 2.24) is 14.8 Å². The van der Waals surface area contributed by atoms with Crippen LogP contribution in [-0.4, -0.2) is 40.4 Å². The van der Waals surface area contributed by atoms with E-state index in [9.17, 15) is 9.59 Å². The number of rotatable bonds is 5. The van der Waals surface area contributed by atoms with Gasteiger partial charge in [-0.3, -0.25) is 0 Å². The Balaban J connectivity index is 1.90. The molecule has 0 radical (unpaired) electrons. The zero-order chi connectivity index (χ0) is 21.1. The highest BCUT2D eigenvalue weighted by atomic mass is 16.5. The molecule has 0 unspecified atom stereocenters. The zero-order valence-electron chi connectivity index (χ0n) is 16.5. The molecule has 1 aliphatic rings. The molecule has 1 aliphatic heterocycles. The summed E-state index contributed by atoms with van der Waals surface area (Å²) in [7, 11) is 1.33. The van der Waals surface area contributed by atoms with E-state index in [4.69, 9.17) is 9.47 Å². The molecular formula is C22H20N4O4. The molecule has 1 atom stereocenters. The Morgan fingerprint density at radius 3 is 2.47 bits per heavy atom. The van der Waals surface area contributed by atoms with Crippen molar-refractivity contribution >= 4 is 23.6 Å². The summed E-state index contributed by atoms with van der Waals surface area (Å²) >= 11 is 0. The van der Waals surface area contributed by atoms with Gasteiger partial charge >= 0.3 is 11.9 Å².